The zero-order valence-corrected chi connectivity index (χ0v) is 15.8. The van der Waals surface area contributed by atoms with E-state index in [0.29, 0.717) is 17.0 Å². The van der Waals surface area contributed by atoms with Gasteiger partial charge < -0.3 is 30.0 Å². The van der Waals surface area contributed by atoms with Crippen molar-refractivity contribution in [1.82, 2.24) is 25.3 Å². The molecule has 0 aliphatic carbocycles. The topological polar surface area (TPSA) is 135 Å². The van der Waals surface area contributed by atoms with Gasteiger partial charge in [-0.1, -0.05) is 11.6 Å². The molecule has 0 spiro atoms. The highest BCUT2D eigenvalue weighted by atomic mass is 32.2. The fourth-order valence-electron chi connectivity index (χ4n) is 2.45. The van der Waals surface area contributed by atoms with Crippen LogP contribution >= 0.6 is 12.0 Å². The van der Waals surface area contributed by atoms with Gasteiger partial charge in [0, 0.05) is 18.6 Å². The van der Waals surface area contributed by atoms with Crippen LogP contribution in [0, 0.1) is 0 Å². The molecule has 0 bridgehead atoms. The molecule has 0 aromatic carbocycles. The number of ether oxygens (including phenoxy) is 2. The second-order valence-corrected chi connectivity index (χ2v) is 6.90. The van der Waals surface area contributed by atoms with E-state index in [1.165, 1.54) is 18.1 Å². The largest absolute Gasteiger partial charge is 0.454 e. The predicted molar refractivity (Wildman–Crippen MR) is 98.8 cm³/mol. The summed E-state index contributed by atoms with van der Waals surface area (Å²) in [6, 6.07) is 0.0393. The summed E-state index contributed by atoms with van der Waals surface area (Å²) in [5, 5.41) is 23.1. The Labute approximate surface area is 160 Å². The Balaban J connectivity index is 1.53. The molecule has 11 heteroatoms. The van der Waals surface area contributed by atoms with Gasteiger partial charge in [0.25, 0.3) is 0 Å². The van der Waals surface area contributed by atoms with Gasteiger partial charge in [0.1, 0.15) is 17.7 Å². The molecule has 10 nitrogen and oxygen atoms in total. The number of hydrogen-bond donors (Lipinski definition) is 4. The standard InChI is InChI=1S/C16H23N5O5S/c1-9(2)3-4-17-8-27-26-15-12(23)13(11(6-22)24-15)25-16-18-5-10-14(21-16)20-7-19-10/h3,5,7,11-13,15,17,22-23H,4,6,8H2,1-2H3,(H,18,19,20,21)/t11-,12-,13-,15+/m1/s1. The molecule has 4 atom stereocenters. The Hall–Kier alpha value is -1.76. The summed E-state index contributed by atoms with van der Waals surface area (Å²) in [7, 11) is 0. The number of rotatable bonds is 9. The van der Waals surface area contributed by atoms with E-state index in [-0.39, 0.29) is 12.6 Å². The van der Waals surface area contributed by atoms with E-state index in [0.717, 1.165) is 18.6 Å². The molecule has 4 N–H and O–H groups in total. The minimum Gasteiger partial charge on any atom is -0.454 e. The zero-order valence-electron chi connectivity index (χ0n) is 15.0. The second kappa shape index (κ2) is 9.44. The first-order valence-corrected chi connectivity index (χ1v) is 9.39. The van der Waals surface area contributed by atoms with Crippen LogP contribution in [0.15, 0.2) is 24.2 Å². The van der Waals surface area contributed by atoms with Crippen LogP contribution in [0.1, 0.15) is 13.8 Å². The normalized spacial score (nSPS) is 25.0. The molecule has 0 amide bonds. The fourth-order valence-corrected chi connectivity index (χ4v) is 3.02. The minimum atomic E-state index is -1.11. The Morgan fingerprint density at radius 3 is 3.07 bits per heavy atom. The van der Waals surface area contributed by atoms with Gasteiger partial charge >= 0.3 is 6.01 Å². The lowest BCUT2D eigenvalue weighted by Gasteiger charge is -2.19. The van der Waals surface area contributed by atoms with Crippen molar-refractivity contribution >= 4 is 23.2 Å². The highest BCUT2D eigenvalue weighted by molar-refractivity contribution is 7.94. The maximum absolute atomic E-state index is 10.5. The molecular weight excluding hydrogens is 374 g/mol. The molecule has 3 heterocycles. The van der Waals surface area contributed by atoms with Crippen molar-refractivity contribution in [2.45, 2.75) is 38.4 Å². The van der Waals surface area contributed by atoms with Gasteiger partial charge in [-0.15, -0.1) is 0 Å². The van der Waals surface area contributed by atoms with Crippen LogP contribution in [0.2, 0.25) is 0 Å². The van der Waals surface area contributed by atoms with Gasteiger partial charge in [0.15, 0.2) is 11.8 Å². The number of aliphatic hydroxyl groups excluding tert-OH is 2. The summed E-state index contributed by atoms with van der Waals surface area (Å²) in [5.74, 6) is 0.518. The van der Waals surface area contributed by atoms with Gasteiger partial charge in [0.05, 0.1) is 25.0 Å². The highest BCUT2D eigenvalue weighted by Crippen LogP contribution is 2.28. The van der Waals surface area contributed by atoms with Crippen LogP contribution in [0.5, 0.6) is 6.01 Å². The molecule has 1 aliphatic heterocycles. The monoisotopic (exact) mass is 397 g/mol. The lowest BCUT2D eigenvalue weighted by molar-refractivity contribution is -0.107. The number of H-pyrrole nitrogens is 1. The van der Waals surface area contributed by atoms with Gasteiger partial charge in [0.2, 0.25) is 6.29 Å². The number of nitrogens with one attached hydrogen (secondary N) is 2. The van der Waals surface area contributed by atoms with Gasteiger partial charge in [-0.25, -0.2) is 9.97 Å². The van der Waals surface area contributed by atoms with E-state index in [4.69, 9.17) is 13.7 Å². The summed E-state index contributed by atoms with van der Waals surface area (Å²) >= 11 is 1.12. The number of aromatic nitrogens is 4. The lowest BCUT2D eigenvalue weighted by atomic mass is 10.1. The molecule has 0 saturated carbocycles. The first-order chi connectivity index (χ1) is 13.1. The van der Waals surface area contributed by atoms with E-state index in [1.54, 1.807) is 0 Å². The summed E-state index contributed by atoms with van der Waals surface area (Å²) in [6.07, 6.45) is 1.42. The molecule has 1 aliphatic rings. The summed E-state index contributed by atoms with van der Waals surface area (Å²) in [4.78, 5) is 15.1. The number of nitrogens with zero attached hydrogens (tertiary/aromatic N) is 3. The molecule has 2 aromatic rings. The molecular formula is C16H23N5O5S. The number of allylic oxidation sites excluding steroid dienone is 1. The third-order valence-electron chi connectivity index (χ3n) is 3.84. The molecule has 1 saturated heterocycles. The second-order valence-electron chi connectivity index (χ2n) is 6.18. The van der Waals surface area contributed by atoms with Crippen molar-refractivity contribution in [3.05, 3.63) is 24.2 Å². The molecule has 2 aromatic heterocycles. The Morgan fingerprint density at radius 1 is 1.44 bits per heavy atom. The highest BCUT2D eigenvalue weighted by Gasteiger charge is 2.46. The van der Waals surface area contributed by atoms with Crippen molar-refractivity contribution in [2.24, 2.45) is 0 Å². The smallest absolute Gasteiger partial charge is 0.319 e. The maximum atomic E-state index is 10.5. The van der Waals surface area contributed by atoms with Crippen molar-refractivity contribution in [3.8, 4) is 6.01 Å². The lowest BCUT2D eigenvalue weighted by Crippen LogP contribution is -2.39. The summed E-state index contributed by atoms with van der Waals surface area (Å²) < 4.78 is 16.7. The number of aliphatic hydroxyl groups is 2. The maximum Gasteiger partial charge on any atom is 0.319 e. The number of imidazole rings is 1. The molecule has 3 rings (SSSR count). The Kier molecular flexibility index (Phi) is 6.99. The Bertz CT molecular complexity index is 768. The molecule has 1 fully saturated rings. The first kappa shape index (κ1) is 20.0. The van der Waals surface area contributed by atoms with Crippen LogP contribution in [-0.2, 0) is 8.92 Å². The summed E-state index contributed by atoms with van der Waals surface area (Å²) in [5.41, 5.74) is 2.34. The van der Waals surface area contributed by atoms with E-state index in [2.05, 4.69) is 31.3 Å². The van der Waals surface area contributed by atoms with Gasteiger partial charge in [-0.3, -0.25) is 4.18 Å². The molecule has 27 heavy (non-hydrogen) atoms. The average molecular weight is 397 g/mol. The molecule has 148 valence electrons. The van der Waals surface area contributed by atoms with Crippen LogP contribution in [0.4, 0.5) is 0 Å². The molecule has 0 radical (unpaired) electrons. The van der Waals surface area contributed by atoms with E-state index < -0.39 is 24.6 Å². The summed E-state index contributed by atoms with van der Waals surface area (Å²) in [6.45, 7) is 4.44. The number of aromatic amines is 1. The van der Waals surface area contributed by atoms with Crippen molar-refractivity contribution in [1.29, 1.82) is 0 Å². The fraction of sp³-hybridized carbons (Fsp3) is 0.562. The number of fused-ring (bicyclic) bond motifs is 1. The Morgan fingerprint density at radius 2 is 2.30 bits per heavy atom. The molecule has 0 unspecified atom stereocenters. The van der Waals surface area contributed by atoms with Crippen LogP contribution in [-0.4, -0.2) is 73.8 Å². The van der Waals surface area contributed by atoms with E-state index in [1.807, 2.05) is 13.8 Å². The van der Waals surface area contributed by atoms with Crippen molar-refractivity contribution in [3.63, 3.8) is 0 Å². The number of hydrogen-bond acceptors (Lipinski definition) is 10. The first-order valence-electron chi connectivity index (χ1n) is 8.48. The predicted octanol–water partition coefficient (Wildman–Crippen LogP) is 0.356. The van der Waals surface area contributed by atoms with Crippen molar-refractivity contribution < 1.29 is 23.9 Å². The van der Waals surface area contributed by atoms with E-state index in [9.17, 15) is 10.2 Å². The SMILES string of the molecule is CC(C)=CCNCSO[C@@H]1O[C@H](CO)[C@@H](Oc2ncc3[nH]cnc3n2)[C@H]1O. The van der Waals surface area contributed by atoms with Crippen LogP contribution < -0.4 is 10.1 Å². The van der Waals surface area contributed by atoms with Gasteiger partial charge in [-0.05, 0) is 13.8 Å². The minimum absolute atomic E-state index is 0.0393. The quantitative estimate of drug-likeness (QED) is 0.203. The third kappa shape index (κ3) is 5.15. The van der Waals surface area contributed by atoms with Gasteiger partial charge in [-0.2, -0.15) is 4.98 Å². The average Bonchev–Trinajstić information content (AvgIpc) is 3.23. The van der Waals surface area contributed by atoms with E-state index >= 15 is 0 Å². The van der Waals surface area contributed by atoms with Crippen LogP contribution in [0.25, 0.3) is 11.2 Å². The third-order valence-corrected chi connectivity index (χ3v) is 4.49. The van der Waals surface area contributed by atoms with Crippen LogP contribution in [0.3, 0.4) is 0 Å². The van der Waals surface area contributed by atoms with Crippen molar-refractivity contribution in [2.75, 3.05) is 19.0 Å². The zero-order chi connectivity index (χ0) is 19.2.